The van der Waals surface area contributed by atoms with Gasteiger partial charge in [-0.25, -0.2) is 0 Å². The van der Waals surface area contributed by atoms with Crippen molar-refractivity contribution >= 4 is 17.2 Å². The molecule has 1 aromatic heterocycles. The minimum Gasteiger partial charge on any atom is -0.381 e. The van der Waals surface area contributed by atoms with Crippen LogP contribution >= 0.6 is 11.5 Å². The zero-order valence-electron chi connectivity index (χ0n) is 7.72. The van der Waals surface area contributed by atoms with Gasteiger partial charge in [0.25, 0.3) is 0 Å². The number of anilines is 1. The van der Waals surface area contributed by atoms with Gasteiger partial charge >= 0.3 is 0 Å². The SMILES string of the molecule is CNC(C)(C)CNc1cnsc1. The van der Waals surface area contributed by atoms with Crippen LogP contribution in [0.2, 0.25) is 0 Å². The Labute approximate surface area is 77.4 Å². The number of aromatic nitrogens is 1. The van der Waals surface area contributed by atoms with Crippen LogP contribution in [0.1, 0.15) is 13.8 Å². The average Bonchev–Trinajstić information content (AvgIpc) is 2.53. The van der Waals surface area contributed by atoms with E-state index in [2.05, 4.69) is 28.9 Å². The molecule has 0 aromatic carbocycles. The lowest BCUT2D eigenvalue weighted by Crippen LogP contribution is -2.42. The topological polar surface area (TPSA) is 37.0 Å². The maximum atomic E-state index is 4.01. The second-order valence-corrected chi connectivity index (χ2v) is 4.06. The van der Waals surface area contributed by atoms with Crippen molar-refractivity contribution in [1.29, 1.82) is 0 Å². The monoisotopic (exact) mass is 185 g/mol. The van der Waals surface area contributed by atoms with E-state index < -0.39 is 0 Å². The Balaban J connectivity index is 2.36. The Morgan fingerprint density at radius 2 is 2.33 bits per heavy atom. The minimum absolute atomic E-state index is 0.127. The predicted molar refractivity (Wildman–Crippen MR) is 53.7 cm³/mol. The van der Waals surface area contributed by atoms with Gasteiger partial charge in [0.1, 0.15) is 0 Å². The van der Waals surface area contributed by atoms with Crippen LogP contribution in [0.5, 0.6) is 0 Å². The molecule has 0 aliphatic carbocycles. The zero-order chi connectivity index (χ0) is 9.03. The van der Waals surface area contributed by atoms with E-state index in [1.165, 1.54) is 11.5 Å². The second-order valence-electron chi connectivity index (χ2n) is 3.40. The van der Waals surface area contributed by atoms with E-state index in [-0.39, 0.29) is 5.54 Å². The van der Waals surface area contributed by atoms with E-state index in [1.54, 1.807) is 0 Å². The molecule has 3 nitrogen and oxygen atoms in total. The molecule has 1 rings (SSSR count). The van der Waals surface area contributed by atoms with E-state index in [0.717, 1.165) is 12.2 Å². The van der Waals surface area contributed by atoms with E-state index in [9.17, 15) is 0 Å². The fraction of sp³-hybridized carbons (Fsp3) is 0.625. The van der Waals surface area contributed by atoms with Crippen LogP contribution in [-0.2, 0) is 0 Å². The maximum absolute atomic E-state index is 4.01. The third kappa shape index (κ3) is 2.79. The molecule has 0 fully saturated rings. The van der Waals surface area contributed by atoms with Gasteiger partial charge in [0.2, 0.25) is 0 Å². The fourth-order valence-electron chi connectivity index (χ4n) is 0.704. The van der Waals surface area contributed by atoms with Gasteiger partial charge < -0.3 is 10.6 Å². The lowest BCUT2D eigenvalue weighted by Gasteiger charge is -2.24. The van der Waals surface area contributed by atoms with Crippen molar-refractivity contribution < 1.29 is 0 Å². The molecule has 0 aliphatic heterocycles. The van der Waals surface area contributed by atoms with Crippen LogP contribution in [0.15, 0.2) is 11.6 Å². The van der Waals surface area contributed by atoms with Crippen LogP contribution in [0.25, 0.3) is 0 Å². The summed E-state index contributed by atoms with van der Waals surface area (Å²) in [5.74, 6) is 0. The summed E-state index contributed by atoms with van der Waals surface area (Å²) in [6.07, 6.45) is 1.84. The molecule has 68 valence electrons. The molecule has 0 bridgehead atoms. The van der Waals surface area contributed by atoms with Crippen molar-refractivity contribution in [1.82, 2.24) is 9.69 Å². The Hall–Kier alpha value is -0.610. The van der Waals surface area contributed by atoms with Gasteiger partial charge in [0, 0.05) is 17.5 Å². The van der Waals surface area contributed by atoms with Gasteiger partial charge in [-0.2, -0.15) is 4.37 Å². The normalized spacial score (nSPS) is 11.6. The zero-order valence-corrected chi connectivity index (χ0v) is 8.53. The molecular weight excluding hydrogens is 170 g/mol. The number of hydrogen-bond donors (Lipinski definition) is 2. The predicted octanol–water partition coefficient (Wildman–Crippen LogP) is 1.55. The van der Waals surface area contributed by atoms with Crippen LogP contribution in [0.4, 0.5) is 5.69 Å². The summed E-state index contributed by atoms with van der Waals surface area (Å²) in [4.78, 5) is 0. The summed E-state index contributed by atoms with van der Waals surface area (Å²) in [6.45, 7) is 5.21. The number of rotatable bonds is 4. The molecule has 0 saturated heterocycles. The largest absolute Gasteiger partial charge is 0.381 e. The lowest BCUT2D eigenvalue weighted by atomic mass is 10.1. The van der Waals surface area contributed by atoms with Crippen molar-refractivity contribution in [3.8, 4) is 0 Å². The van der Waals surface area contributed by atoms with E-state index in [1.807, 2.05) is 18.6 Å². The highest BCUT2D eigenvalue weighted by Gasteiger charge is 2.13. The van der Waals surface area contributed by atoms with Crippen molar-refractivity contribution in [2.75, 3.05) is 18.9 Å². The molecule has 0 radical (unpaired) electrons. The summed E-state index contributed by atoms with van der Waals surface area (Å²) in [5.41, 5.74) is 1.23. The first-order chi connectivity index (χ1) is 5.64. The van der Waals surface area contributed by atoms with Crippen LogP contribution in [0, 0.1) is 0 Å². The molecule has 0 atom stereocenters. The standard InChI is InChI=1S/C8H15N3S/c1-8(2,9-3)6-10-7-4-11-12-5-7/h4-5,9-10H,6H2,1-3H3. The number of likely N-dealkylation sites (N-methyl/N-ethyl adjacent to an activating group) is 1. The van der Waals surface area contributed by atoms with Crippen LogP contribution < -0.4 is 10.6 Å². The van der Waals surface area contributed by atoms with Crippen molar-refractivity contribution in [2.45, 2.75) is 19.4 Å². The highest BCUT2D eigenvalue weighted by Crippen LogP contribution is 2.10. The summed E-state index contributed by atoms with van der Waals surface area (Å²) >= 11 is 1.46. The van der Waals surface area contributed by atoms with Gasteiger partial charge in [0.05, 0.1) is 11.9 Å². The van der Waals surface area contributed by atoms with Crippen molar-refractivity contribution in [3.05, 3.63) is 11.6 Å². The summed E-state index contributed by atoms with van der Waals surface area (Å²) in [5, 5.41) is 8.53. The molecule has 0 amide bonds. The Morgan fingerprint density at radius 3 is 2.83 bits per heavy atom. The molecule has 0 aliphatic rings. The Morgan fingerprint density at radius 1 is 1.58 bits per heavy atom. The third-order valence-electron chi connectivity index (χ3n) is 1.84. The van der Waals surface area contributed by atoms with Gasteiger partial charge in [-0.15, -0.1) is 0 Å². The van der Waals surface area contributed by atoms with Crippen LogP contribution in [0.3, 0.4) is 0 Å². The molecular formula is C8H15N3S. The number of nitrogens with one attached hydrogen (secondary N) is 2. The van der Waals surface area contributed by atoms with Gasteiger partial charge in [-0.3, -0.25) is 0 Å². The summed E-state index contributed by atoms with van der Waals surface area (Å²) in [6, 6.07) is 0. The smallest absolute Gasteiger partial charge is 0.0653 e. The number of hydrogen-bond acceptors (Lipinski definition) is 4. The molecule has 0 unspecified atom stereocenters. The minimum atomic E-state index is 0.127. The van der Waals surface area contributed by atoms with Crippen molar-refractivity contribution in [2.24, 2.45) is 0 Å². The Bertz CT molecular complexity index is 218. The quantitative estimate of drug-likeness (QED) is 0.747. The molecule has 2 N–H and O–H groups in total. The molecule has 12 heavy (non-hydrogen) atoms. The highest BCUT2D eigenvalue weighted by molar-refractivity contribution is 7.04. The van der Waals surface area contributed by atoms with Crippen LogP contribution in [-0.4, -0.2) is 23.5 Å². The number of nitrogens with zero attached hydrogens (tertiary/aromatic N) is 1. The summed E-state index contributed by atoms with van der Waals surface area (Å²) < 4.78 is 4.01. The Kier molecular flexibility index (Phi) is 3.05. The first-order valence-electron chi connectivity index (χ1n) is 3.96. The third-order valence-corrected chi connectivity index (χ3v) is 2.43. The van der Waals surface area contributed by atoms with E-state index >= 15 is 0 Å². The lowest BCUT2D eigenvalue weighted by molar-refractivity contribution is 0.448. The van der Waals surface area contributed by atoms with Gasteiger partial charge in [-0.05, 0) is 32.4 Å². The molecule has 0 saturated carbocycles. The average molecular weight is 185 g/mol. The molecule has 1 aromatic rings. The molecule has 1 heterocycles. The maximum Gasteiger partial charge on any atom is 0.0653 e. The fourth-order valence-corrected chi connectivity index (χ4v) is 1.20. The second kappa shape index (κ2) is 3.87. The highest BCUT2D eigenvalue weighted by atomic mass is 32.1. The molecule has 0 spiro atoms. The van der Waals surface area contributed by atoms with E-state index in [0.29, 0.717) is 0 Å². The van der Waals surface area contributed by atoms with Gasteiger partial charge in [-0.1, -0.05) is 0 Å². The first kappa shape index (κ1) is 9.48. The van der Waals surface area contributed by atoms with Gasteiger partial charge in [0.15, 0.2) is 0 Å². The van der Waals surface area contributed by atoms with Crippen molar-refractivity contribution in [3.63, 3.8) is 0 Å². The first-order valence-corrected chi connectivity index (χ1v) is 4.80. The molecule has 4 heteroatoms. The summed E-state index contributed by atoms with van der Waals surface area (Å²) in [7, 11) is 1.97. The van der Waals surface area contributed by atoms with E-state index in [4.69, 9.17) is 0 Å².